The molecule has 1 fully saturated rings. The van der Waals surface area contributed by atoms with Gasteiger partial charge in [-0.2, -0.15) is 15.0 Å². The molecule has 1 N–H and O–H groups in total. The summed E-state index contributed by atoms with van der Waals surface area (Å²) in [5.41, 5.74) is 2.17. The molecular weight excluding hydrogens is 354 g/mol. The van der Waals surface area contributed by atoms with E-state index in [1.807, 2.05) is 17.9 Å². The molecule has 0 radical (unpaired) electrons. The van der Waals surface area contributed by atoms with Crippen LogP contribution in [0.25, 0.3) is 0 Å². The summed E-state index contributed by atoms with van der Waals surface area (Å²) in [6, 6.07) is 0.335. The summed E-state index contributed by atoms with van der Waals surface area (Å²) in [6.45, 7) is 2.86. The van der Waals surface area contributed by atoms with Gasteiger partial charge < -0.3 is 5.32 Å². The number of aromatic nitrogens is 4. The number of aryl methyl sites for hydroxylation is 1. The molecule has 2 unspecified atom stereocenters. The first-order valence-corrected chi connectivity index (χ1v) is 8.23. The third-order valence-corrected chi connectivity index (χ3v) is 5.85. The zero-order valence-electron chi connectivity index (χ0n) is 11.6. The second-order valence-corrected chi connectivity index (χ2v) is 7.21. The van der Waals surface area contributed by atoms with Crippen molar-refractivity contribution in [2.75, 3.05) is 11.9 Å². The Morgan fingerprint density at radius 1 is 1.48 bits per heavy atom. The molecule has 0 aromatic carbocycles. The van der Waals surface area contributed by atoms with Crippen molar-refractivity contribution < 1.29 is 0 Å². The highest BCUT2D eigenvalue weighted by Crippen LogP contribution is 2.53. The van der Waals surface area contributed by atoms with Gasteiger partial charge in [0.2, 0.25) is 0 Å². The molecule has 2 aromatic heterocycles. The van der Waals surface area contributed by atoms with Gasteiger partial charge in [0.25, 0.3) is 0 Å². The van der Waals surface area contributed by atoms with Gasteiger partial charge in [-0.3, -0.25) is 0 Å². The molecule has 21 heavy (non-hydrogen) atoms. The lowest BCUT2D eigenvalue weighted by Crippen LogP contribution is -2.26. The third kappa shape index (κ3) is 1.99. The van der Waals surface area contributed by atoms with Crippen LogP contribution in [0.15, 0.2) is 16.9 Å². The molecule has 2 atom stereocenters. The van der Waals surface area contributed by atoms with E-state index < -0.39 is 0 Å². The van der Waals surface area contributed by atoms with Crippen LogP contribution in [0.2, 0.25) is 5.02 Å². The predicted molar refractivity (Wildman–Crippen MR) is 84.8 cm³/mol. The summed E-state index contributed by atoms with van der Waals surface area (Å²) in [5, 5.41) is 13.0. The minimum atomic E-state index is 0.0510. The Kier molecular flexibility index (Phi) is 3.01. The molecule has 1 saturated carbocycles. The SMILES string of the molecule is Cc1cnn(C2CCC3(CNc4ncc(Br)c(Cl)c43)C2)n1. The van der Waals surface area contributed by atoms with Crippen molar-refractivity contribution in [3.8, 4) is 0 Å². The van der Waals surface area contributed by atoms with Gasteiger partial charge in [-0.15, -0.1) is 0 Å². The van der Waals surface area contributed by atoms with Crippen LogP contribution in [0.3, 0.4) is 0 Å². The van der Waals surface area contributed by atoms with Crippen LogP contribution in [-0.2, 0) is 5.41 Å². The van der Waals surface area contributed by atoms with Gasteiger partial charge in [-0.05, 0) is 42.1 Å². The van der Waals surface area contributed by atoms with Crippen LogP contribution < -0.4 is 5.32 Å². The molecule has 4 rings (SSSR count). The molecule has 5 nitrogen and oxygen atoms in total. The summed E-state index contributed by atoms with van der Waals surface area (Å²) in [7, 11) is 0. The highest BCUT2D eigenvalue weighted by Gasteiger charge is 2.48. The molecule has 7 heteroatoms. The van der Waals surface area contributed by atoms with Gasteiger partial charge in [0.05, 0.1) is 27.4 Å². The van der Waals surface area contributed by atoms with Gasteiger partial charge in [0, 0.05) is 23.7 Å². The van der Waals surface area contributed by atoms with Crippen molar-refractivity contribution >= 4 is 33.3 Å². The molecule has 110 valence electrons. The normalized spacial score (nSPS) is 27.1. The summed E-state index contributed by atoms with van der Waals surface area (Å²) >= 11 is 10.0. The van der Waals surface area contributed by atoms with Crippen LogP contribution in [0.1, 0.15) is 36.6 Å². The van der Waals surface area contributed by atoms with Crippen molar-refractivity contribution in [1.29, 1.82) is 0 Å². The van der Waals surface area contributed by atoms with Gasteiger partial charge in [-0.1, -0.05) is 11.6 Å². The van der Waals surface area contributed by atoms with Crippen LogP contribution in [0, 0.1) is 6.92 Å². The Labute approximate surface area is 136 Å². The van der Waals surface area contributed by atoms with Crippen molar-refractivity contribution in [3.63, 3.8) is 0 Å². The summed E-state index contributed by atoms with van der Waals surface area (Å²) in [6.07, 6.45) is 6.72. The van der Waals surface area contributed by atoms with E-state index in [-0.39, 0.29) is 5.41 Å². The lowest BCUT2D eigenvalue weighted by atomic mass is 9.81. The zero-order chi connectivity index (χ0) is 14.6. The Balaban J connectivity index is 1.72. The monoisotopic (exact) mass is 367 g/mol. The average Bonchev–Trinajstić information content (AvgIpc) is 3.15. The Bertz CT molecular complexity index is 715. The molecule has 3 heterocycles. The van der Waals surface area contributed by atoms with E-state index in [1.54, 1.807) is 6.20 Å². The maximum absolute atomic E-state index is 6.54. The fourth-order valence-electron chi connectivity index (χ4n) is 3.64. The number of nitrogens with zero attached hydrogens (tertiary/aromatic N) is 4. The van der Waals surface area contributed by atoms with Crippen LogP contribution >= 0.6 is 27.5 Å². The Morgan fingerprint density at radius 3 is 3.10 bits per heavy atom. The van der Waals surface area contributed by atoms with Gasteiger partial charge in [-0.25, -0.2) is 4.98 Å². The van der Waals surface area contributed by atoms with Crippen LogP contribution in [0.4, 0.5) is 5.82 Å². The van der Waals surface area contributed by atoms with Gasteiger partial charge in [0.15, 0.2) is 0 Å². The molecule has 1 aliphatic carbocycles. The summed E-state index contributed by atoms with van der Waals surface area (Å²) in [5.74, 6) is 0.924. The van der Waals surface area contributed by atoms with E-state index in [1.165, 1.54) is 0 Å². The summed E-state index contributed by atoms with van der Waals surface area (Å²) in [4.78, 5) is 6.32. The smallest absolute Gasteiger partial charge is 0.131 e. The van der Waals surface area contributed by atoms with Crippen molar-refractivity contribution in [3.05, 3.63) is 33.1 Å². The van der Waals surface area contributed by atoms with Gasteiger partial charge in [0.1, 0.15) is 5.82 Å². The van der Waals surface area contributed by atoms with Crippen molar-refractivity contribution in [2.24, 2.45) is 0 Å². The van der Waals surface area contributed by atoms with Crippen LogP contribution in [-0.4, -0.2) is 26.5 Å². The quantitative estimate of drug-likeness (QED) is 0.837. The lowest BCUT2D eigenvalue weighted by Gasteiger charge is -2.24. The first kappa shape index (κ1) is 13.5. The minimum absolute atomic E-state index is 0.0510. The molecule has 1 spiro atoms. The van der Waals surface area contributed by atoms with E-state index >= 15 is 0 Å². The molecule has 1 aliphatic heterocycles. The van der Waals surface area contributed by atoms with E-state index in [0.717, 1.165) is 52.4 Å². The largest absolute Gasteiger partial charge is 0.369 e. The van der Waals surface area contributed by atoms with E-state index in [4.69, 9.17) is 11.6 Å². The average molecular weight is 369 g/mol. The van der Waals surface area contributed by atoms with Crippen LogP contribution in [0.5, 0.6) is 0 Å². The number of nitrogens with one attached hydrogen (secondary N) is 1. The maximum atomic E-state index is 6.54. The van der Waals surface area contributed by atoms with Crippen molar-refractivity contribution in [2.45, 2.75) is 37.6 Å². The Hall–Kier alpha value is -1.14. The second-order valence-electron chi connectivity index (χ2n) is 5.98. The minimum Gasteiger partial charge on any atom is -0.369 e. The third-order valence-electron chi connectivity index (χ3n) is 4.63. The molecule has 2 aliphatic rings. The van der Waals surface area contributed by atoms with E-state index in [9.17, 15) is 0 Å². The summed E-state index contributed by atoms with van der Waals surface area (Å²) < 4.78 is 0.863. The predicted octanol–water partition coefficient (Wildman–Crippen LogP) is 3.49. The van der Waals surface area contributed by atoms with Gasteiger partial charge >= 0.3 is 0 Å². The molecule has 0 saturated heterocycles. The highest BCUT2D eigenvalue weighted by molar-refractivity contribution is 9.10. The number of hydrogen-bond donors (Lipinski definition) is 1. The van der Waals surface area contributed by atoms with E-state index in [0.29, 0.717) is 6.04 Å². The zero-order valence-corrected chi connectivity index (χ0v) is 13.9. The lowest BCUT2D eigenvalue weighted by molar-refractivity contribution is 0.382. The highest BCUT2D eigenvalue weighted by atomic mass is 79.9. The topological polar surface area (TPSA) is 55.6 Å². The first-order chi connectivity index (χ1) is 10.1. The molecular formula is C14H15BrClN5. The number of fused-ring (bicyclic) bond motifs is 2. The van der Waals surface area contributed by atoms with E-state index in [2.05, 4.69) is 36.4 Å². The maximum Gasteiger partial charge on any atom is 0.131 e. The molecule has 0 bridgehead atoms. The number of hydrogen-bond acceptors (Lipinski definition) is 4. The number of rotatable bonds is 1. The second kappa shape index (κ2) is 4.68. The Morgan fingerprint density at radius 2 is 2.33 bits per heavy atom. The molecule has 0 amide bonds. The number of pyridine rings is 1. The fourth-order valence-corrected chi connectivity index (χ4v) is 4.28. The first-order valence-electron chi connectivity index (χ1n) is 7.06. The number of halogens is 2. The van der Waals surface area contributed by atoms with Crippen molar-refractivity contribution in [1.82, 2.24) is 20.0 Å². The fraction of sp³-hybridized carbons (Fsp3) is 0.500. The number of anilines is 1. The standard InChI is InChI=1S/C14H15BrClN5/c1-8-5-19-21(20-8)9-2-3-14(4-9)7-18-13-11(14)12(16)10(15)6-17-13/h5-6,9H,2-4,7H2,1H3,(H,17,18). The molecule has 2 aromatic rings.